The van der Waals surface area contributed by atoms with Gasteiger partial charge in [0.2, 0.25) is 12.5 Å². The lowest BCUT2D eigenvalue weighted by Crippen LogP contribution is -2.34. The van der Waals surface area contributed by atoms with Gasteiger partial charge in [-0.15, -0.1) is 0 Å². The first kappa shape index (κ1) is 23.9. The predicted octanol–water partition coefficient (Wildman–Crippen LogP) is 5.81. The molecule has 0 saturated heterocycles. The SMILES string of the molecule is C=C(C/C=C(\C)CCC=C(C)C)/C(C[C@@H]1c2c(cc3c(c2OC)OCO3)CCN1C)=N/O. The average molecular weight is 441 g/mol. The minimum absolute atomic E-state index is 0.00593. The molecule has 1 N–H and O–H groups in total. The third-order valence-corrected chi connectivity index (χ3v) is 6.25. The Bertz CT molecular complexity index is 942. The van der Waals surface area contributed by atoms with Gasteiger partial charge in [0.15, 0.2) is 11.5 Å². The van der Waals surface area contributed by atoms with Gasteiger partial charge < -0.3 is 19.4 Å². The van der Waals surface area contributed by atoms with Crippen LogP contribution < -0.4 is 14.2 Å². The van der Waals surface area contributed by atoms with Crippen molar-refractivity contribution in [1.29, 1.82) is 0 Å². The fourth-order valence-corrected chi connectivity index (χ4v) is 4.33. The maximum atomic E-state index is 9.81. The summed E-state index contributed by atoms with van der Waals surface area (Å²) in [6, 6.07) is 2.05. The Hall–Kier alpha value is -2.73. The van der Waals surface area contributed by atoms with Gasteiger partial charge in [0, 0.05) is 24.6 Å². The van der Waals surface area contributed by atoms with Gasteiger partial charge in [0.05, 0.1) is 12.8 Å². The molecule has 0 fully saturated rings. The van der Waals surface area contributed by atoms with Gasteiger partial charge in [-0.25, -0.2) is 0 Å². The molecule has 0 spiro atoms. The van der Waals surface area contributed by atoms with Gasteiger partial charge in [-0.3, -0.25) is 4.90 Å². The van der Waals surface area contributed by atoms with Crippen molar-refractivity contribution in [1.82, 2.24) is 4.90 Å². The Morgan fingerprint density at radius 2 is 2.09 bits per heavy atom. The number of hydrogen-bond donors (Lipinski definition) is 1. The molecule has 0 saturated carbocycles. The normalized spacial score (nSPS) is 18.3. The van der Waals surface area contributed by atoms with Crippen molar-refractivity contribution in [3.8, 4) is 17.2 Å². The molecule has 6 nitrogen and oxygen atoms in total. The molecule has 0 unspecified atom stereocenters. The quantitative estimate of drug-likeness (QED) is 0.227. The summed E-state index contributed by atoms with van der Waals surface area (Å²) in [5.74, 6) is 2.10. The standard InChI is InChI=1S/C26H36N2O4/c1-17(2)8-7-9-18(3)10-11-19(4)21(27-29)15-22-24-20(12-13-28(22)5)14-23-25(26(24)30-6)32-16-31-23/h8,10,14,22,29H,4,7,9,11-13,15-16H2,1-3,5-6H3/b18-10+,27-21+/t22-/m1/s1. The van der Waals surface area contributed by atoms with E-state index in [1.54, 1.807) is 7.11 Å². The highest BCUT2D eigenvalue weighted by atomic mass is 16.7. The lowest BCUT2D eigenvalue weighted by molar-refractivity contribution is 0.170. The zero-order chi connectivity index (χ0) is 23.3. The van der Waals surface area contributed by atoms with Crippen molar-refractivity contribution < 1.29 is 19.4 Å². The van der Waals surface area contributed by atoms with Crippen LogP contribution in [0.2, 0.25) is 0 Å². The molecule has 2 aliphatic rings. The summed E-state index contributed by atoms with van der Waals surface area (Å²) in [5, 5.41) is 13.5. The number of benzene rings is 1. The van der Waals surface area contributed by atoms with Gasteiger partial charge in [-0.05, 0) is 70.7 Å². The molecule has 1 aromatic carbocycles. The minimum Gasteiger partial charge on any atom is -0.492 e. The third-order valence-electron chi connectivity index (χ3n) is 6.25. The highest BCUT2D eigenvalue weighted by Crippen LogP contribution is 2.50. The third kappa shape index (κ3) is 5.36. The lowest BCUT2D eigenvalue weighted by atomic mass is 9.87. The lowest BCUT2D eigenvalue weighted by Gasteiger charge is -2.36. The maximum Gasteiger partial charge on any atom is 0.231 e. The van der Waals surface area contributed by atoms with Crippen LogP contribution in [0.4, 0.5) is 0 Å². The van der Waals surface area contributed by atoms with E-state index in [2.05, 4.69) is 62.7 Å². The van der Waals surface area contributed by atoms with Crippen LogP contribution in [0.3, 0.4) is 0 Å². The van der Waals surface area contributed by atoms with E-state index in [1.165, 1.54) is 16.7 Å². The van der Waals surface area contributed by atoms with Crippen LogP contribution in [0.25, 0.3) is 0 Å². The molecule has 174 valence electrons. The maximum absolute atomic E-state index is 9.81. The van der Waals surface area contributed by atoms with Crippen LogP contribution >= 0.6 is 0 Å². The Morgan fingerprint density at radius 1 is 1.31 bits per heavy atom. The molecule has 2 aliphatic heterocycles. The van der Waals surface area contributed by atoms with Crippen molar-refractivity contribution in [2.75, 3.05) is 27.5 Å². The number of fused-ring (bicyclic) bond motifs is 2. The van der Waals surface area contributed by atoms with E-state index in [0.29, 0.717) is 30.1 Å². The molecular weight excluding hydrogens is 404 g/mol. The number of methoxy groups -OCH3 is 1. The van der Waals surface area contributed by atoms with Crippen LogP contribution in [-0.4, -0.2) is 43.3 Å². The van der Waals surface area contributed by atoms with Crippen molar-refractivity contribution in [3.05, 3.63) is 52.6 Å². The van der Waals surface area contributed by atoms with Crippen LogP contribution in [0, 0.1) is 0 Å². The molecule has 0 aliphatic carbocycles. The summed E-state index contributed by atoms with van der Waals surface area (Å²) < 4.78 is 17.1. The highest BCUT2D eigenvalue weighted by Gasteiger charge is 2.34. The second-order valence-electron chi connectivity index (χ2n) is 8.89. The summed E-state index contributed by atoms with van der Waals surface area (Å²) in [5.41, 5.74) is 6.36. The molecule has 0 aromatic heterocycles. The number of likely N-dealkylation sites (N-methyl/N-ethyl adjacent to an activating group) is 1. The van der Waals surface area contributed by atoms with Crippen LogP contribution in [0.5, 0.6) is 17.2 Å². The molecular formula is C26H36N2O4. The van der Waals surface area contributed by atoms with Gasteiger partial charge in [0.1, 0.15) is 0 Å². The number of allylic oxidation sites excluding steroid dienone is 5. The van der Waals surface area contributed by atoms with E-state index in [9.17, 15) is 5.21 Å². The van der Waals surface area contributed by atoms with Gasteiger partial charge >= 0.3 is 0 Å². The van der Waals surface area contributed by atoms with E-state index in [-0.39, 0.29) is 12.8 Å². The summed E-state index contributed by atoms with van der Waals surface area (Å²) in [6.45, 7) is 11.7. The van der Waals surface area contributed by atoms with E-state index in [0.717, 1.165) is 42.7 Å². The Balaban J connectivity index is 1.77. The van der Waals surface area contributed by atoms with Crippen molar-refractivity contribution in [2.45, 2.75) is 58.9 Å². The molecule has 2 heterocycles. The molecule has 0 amide bonds. The first-order valence-electron chi connectivity index (χ1n) is 11.2. The first-order valence-corrected chi connectivity index (χ1v) is 11.2. The fourth-order valence-electron chi connectivity index (χ4n) is 4.33. The monoisotopic (exact) mass is 440 g/mol. The molecule has 1 atom stereocenters. The van der Waals surface area contributed by atoms with E-state index in [1.807, 2.05) is 0 Å². The van der Waals surface area contributed by atoms with Gasteiger partial charge in [-0.2, -0.15) is 0 Å². The fraction of sp³-hybridized carbons (Fsp3) is 0.500. The van der Waals surface area contributed by atoms with Crippen molar-refractivity contribution >= 4 is 5.71 Å². The summed E-state index contributed by atoms with van der Waals surface area (Å²) in [7, 11) is 3.74. The molecule has 1 aromatic rings. The molecule has 6 heteroatoms. The first-order chi connectivity index (χ1) is 15.3. The average Bonchev–Trinajstić information content (AvgIpc) is 3.23. The highest BCUT2D eigenvalue weighted by molar-refractivity contribution is 6.00. The minimum atomic E-state index is -0.00593. The topological polar surface area (TPSA) is 63.5 Å². The smallest absolute Gasteiger partial charge is 0.231 e. The molecule has 0 bridgehead atoms. The number of rotatable bonds is 9. The summed E-state index contributed by atoms with van der Waals surface area (Å²) in [4.78, 5) is 2.27. The second-order valence-corrected chi connectivity index (χ2v) is 8.89. The van der Waals surface area contributed by atoms with Crippen LogP contribution in [0.15, 0.2) is 46.7 Å². The van der Waals surface area contributed by atoms with Crippen molar-refractivity contribution in [3.63, 3.8) is 0 Å². The molecule has 3 rings (SSSR count). The summed E-state index contributed by atoms with van der Waals surface area (Å²) >= 11 is 0. The number of hydrogen-bond acceptors (Lipinski definition) is 6. The molecule has 0 radical (unpaired) electrons. The zero-order valence-corrected chi connectivity index (χ0v) is 20.0. The Labute approximate surface area is 191 Å². The zero-order valence-electron chi connectivity index (χ0n) is 20.0. The second kappa shape index (κ2) is 10.7. The van der Waals surface area contributed by atoms with Gasteiger partial charge in [0.25, 0.3) is 0 Å². The number of ether oxygens (including phenoxy) is 3. The predicted molar refractivity (Wildman–Crippen MR) is 128 cm³/mol. The van der Waals surface area contributed by atoms with E-state index in [4.69, 9.17) is 14.2 Å². The van der Waals surface area contributed by atoms with Crippen LogP contribution in [0.1, 0.15) is 63.6 Å². The van der Waals surface area contributed by atoms with Gasteiger partial charge in [-0.1, -0.05) is 35.0 Å². The largest absolute Gasteiger partial charge is 0.492 e. The number of nitrogens with zero attached hydrogens (tertiary/aromatic N) is 2. The number of oxime groups is 1. The Morgan fingerprint density at radius 3 is 2.78 bits per heavy atom. The van der Waals surface area contributed by atoms with E-state index < -0.39 is 0 Å². The van der Waals surface area contributed by atoms with Crippen molar-refractivity contribution in [2.24, 2.45) is 5.16 Å². The summed E-state index contributed by atoms with van der Waals surface area (Å²) in [6.07, 6.45) is 8.60. The van der Waals surface area contributed by atoms with Crippen LogP contribution in [-0.2, 0) is 6.42 Å². The Kier molecular flexibility index (Phi) is 8.02. The van der Waals surface area contributed by atoms with E-state index >= 15 is 0 Å². The molecule has 32 heavy (non-hydrogen) atoms.